The molecule has 0 atom stereocenters. The largest absolute Gasteiger partial charge is 0.374 e. The number of halogens is 1. The summed E-state index contributed by atoms with van der Waals surface area (Å²) in [5.41, 5.74) is 0.666. The van der Waals surface area contributed by atoms with Crippen molar-refractivity contribution in [3.8, 4) is 6.07 Å². The van der Waals surface area contributed by atoms with E-state index in [1.54, 1.807) is 31.1 Å². The Balaban J connectivity index is 2.70. The molecule has 0 bridgehead atoms. The van der Waals surface area contributed by atoms with E-state index in [9.17, 15) is 9.18 Å². The minimum absolute atomic E-state index is 0.0217. The van der Waals surface area contributed by atoms with Crippen molar-refractivity contribution in [1.29, 1.82) is 5.26 Å². The van der Waals surface area contributed by atoms with Crippen molar-refractivity contribution in [2.75, 3.05) is 25.5 Å². The maximum atomic E-state index is 13.3. The third-order valence-corrected chi connectivity index (χ3v) is 2.47. The molecule has 0 aliphatic heterocycles. The molecule has 0 heterocycles. The molecule has 0 spiro atoms. The second-order valence-corrected chi connectivity index (χ2v) is 3.62. The molecule has 0 fully saturated rings. The van der Waals surface area contributed by atoms with Crippen LogP contribution in [0.2, 0.25) is 0 Å². The molecule has 0 aliphatic carbocycles. The van der Waals surface area contributed by atoms with E-state index in [4.69, 9.17) is 5.26 Å². The van der Waals surface area contributed by atoms with Gasteiger partial charge in [0, 0.05) is 32.7 Å². The quantitative estimate of drug-likeness (QED) is 0.855. The number of rotatable bonds is 4. The number of benzene rings is 1. The number of carbonyl (C=O) groups excluding carboxylic acids is 1. The fourth-order valence-corrected chi connectivity index (χ4v) is 1.36. The number of carbonyl (C=O) groups is 1. The second-order valence-electron chi connectivity index (χ2n) is 3.62. The lowest BCUT2D eigenvalue weighted by Crippen LogP contribution is -2.26. The van der Waals surface area contributed by atoms with Crippen LogP contribution in [-0.2, 0) is 4.79 Å². The first-order valence-corrected chi connectivity index (χ1v) is 5.20. The number of nitrogens with zero attached hydrogens (tertiary/aromatic N) is 2. The Morgan fingerprint density at radius 2 is 2.29 bits per heavy atom. The number of nitriles is 1. The normalized spacial score (nSPS) is 9.53. The highest BCUT2D eigenvalue weighted by atomic mass is 19.1. The monoisotopic (exact) mass is 235 g/mol. The van der Waals surface area contributed by atoms with Crippen molar-refractivity contribution in [2.24, 2.45) is 0 Å². The van der Waals surface area contributed by atoms with Gasteiger partial charge in [-0.3, -0.25) is 4.79 Å². The molecule has 0 unspecified atom stereocenters. The average Bonchev–Trinajstić information content (AvgIpc) is 2.35. The third kappa shape index (κ3) is 3.45. The molecule has 5 heteroatoms. The van der Waals surface area contributed by atoms with Gasteiger partial charge in [-0.05, 0) is 18.2 Å². The van der Waals surface area contributed by atoms with Gasteiger partial charge >= 0.3 is 0 Å². The topological polar surface area (TPSA) is 56.1 Å². The van der Waals surface area contributed by atoms with E-state index in [1.807, 2.05) is 0 Å². The van der Waals surface area contributed by atoms with E-state index >= 15 is 0 Å². The molecule has 1 amide bonds. The molecule has 0 aliphatic rings. The maximum Gasteiger partial charge on any atom is 0.221 e. The van der Waals surface area contributed by atoms with Crippen molar-refractivity contribution in [1.82, 2.24) is 5.32 Å². The molecule has 1 N–H and O–H groups in total. The Bertz CT molecular complexity index is 454. The van der Waals surface area contributed by atoms with Gasteiger partial charge in [0.05, 0.1) is 5.56 Å². The van der Waals surface area contributed by atoms with Crippen LogP contribution in [-0.4, -0.2) is 26.5 Å². The first-order valence-electron chi connectivity index (χ1n) is 5.20. The Morgan fingerprint density at radius 3 is 2.82 bits per heavy atom. The Morgan fingerprint density at radius 1 is 1.59 bits per heavy atom. The summed E-state index contributed by atoms with van der Waals surface area (Å²) in [6.07, 6.45) is 0.342. The molecule has 1 rings (SSSR count). The van der Waals surface area contributed by atoms with Gasteiger partial charge in [0.2, 0.25) is 5.91 Å². The average molecular weight is 235 g/mol. The van der Waals surface area contributed by atoms with E-state index in [0.29, 0.717) is 18.7 Å². The van der Waals surface area contributed by atoms with Crippen LogP contribution < -0.4 is 10.2 Å². The minimum atomic E-state index is -0.545. The molecule has 17 heavy (non-hydrogen) atoms. The molecule has 0 aromatic heterocycles. The van der Waals surface area contributed by atoms with Gasteiger partial charge in [-0.2, -0.15) is 5.26 Å². The number of hydrogen-bond acceptors (Lipinski definition) is 3. The summed E-state index contributed by atoms with van der Waals surface area (Å²) < 4.78 is 13.3. The van der Waals surface area contributed by atoms with Gasteiger partial charge in [-0.15, -0.1) is 0 Å². The summed E-state index contributed by atoms with van der Waals surface area (Å²) in [5, 5.41) is 11.1. The molecule has 4 nitrogen and oxygen atoms in total. The number of anilines is 1. The van der Waals surface area contributed by atoms with Gasteiger partial charge < -0.3 is 10.2 Å². The summed E-state index contributed by atoms with van der Waals surface area (Å²) in [6, 6.07) is 6.15. The zero-order valence-corrected chi connectivity index (χ0v) is 9.83. The number of hydrogen-bond donors (Lipinski definition) is 1. The van der Waals surface area contributed by atoms with Crippen LogP contribution in [0.25, 0.3) is 0 Å². The van der Waals surface area contributed by atoms with E-state index < -0.39 is 5.82 Å². The van der Waals surface area contributed by atoms with Crippen molar-refractivity contribution in [3.63, 3.8) is 0 Å². The first kappa shape index (κ1) is 13.0. The van der Waals surface area contributed by atoms with E-state index in [0.717, 1.165) is 0 Å². The van der Waals surface area contributed by atoms with Gasteiger partial charge in [0.25, 0.3) is 0 Å². The highest BCUT2D eigenvalue weighted by molar-refractivity contribution is 5.76. The summed E-state index contributed by atoms with van der Waals surface area (Å²) in [6.45, 7) is 0.491. The maximum absolute atomic E-state index is 13.3. The van der Waals surface area contributed by atoms with Crippen LogP contribution in [0.5, 0.6) is 0 Å². The summed E-state index contributed by atoms with van der Waals surface area (Å²) in [5.74, 6) is -0.609. The van der Waals surface area contributed by atoms with E-state index in [2.05, 4.69) is 5.32 Å². The Kier molecular flexibility index (Phi) is 4.46. The van der Waals surface area contributed by atoms with Crippen LogP contribution >= 0.6 is 0 Å². The summed E-state index contributed by atoms with van der Waals surface area (Å²) in [4.78, 5) is 12.8. The standard InChI is InChI=1S/C12H14FN3O/c1-15-12(17)5-6-16(2)10-4-3-9(8-14)11(13)7-10/h3-4,7H,5-6H2,1-2H3,(H,15,17). The molecular weight excluding hydrogens is 221 g/mol. The lowest BCUT2D eigenvalue weighted by Gasteiger charge is -2.18. The van der Waals surface area contributed by atoms with Crippen LogP contribution in [0.3, 0.4) is 0 Å². The van der Waals surface area contributed by atoms with E-state index in [1.165, 1.54) is 12.1 Å². The van der Waals surface area contributed by atoms with Crippen molar-refractivity contribution in [3.05, 3.63) is 29.6 Å². The van der Waals surface area contributed by atoms with Crippen molar-refractivity contribution < 1.29 is 9.18 Å². The summed E-state index contributed by atoms with van der Waals surface area (Å²) in [7, 11) is 3.34. The fourth-order valence-electron chi connectivity index (χ4n) is 1.36. The highest BCUT2D eigenvalue weighted by Crippen LogP contribution is 2.17. The predicted octanol–water partition coefficient (Wildman–Crippen LogP) is 1.27. The lowest BCUT2D eigenvalue weighted by molar-refractivity contribution is -0.120. The summed E-state index contributed by atoms with van der Waals surface area (Å²) >= 11 is 0. The molecule has 0 radical (unpaired) electrons. The molecule has 1 aromatic rings. The van der Waals surface area contributed by atoms with Gasteiger partial charge in [-0.25, -0.2) is 4.39 Å². The zero-order valence-electron chi connectivity index (χ0n) is 9.83. The number of amides is 1. The number of nitrogens with one attached hydrogen (secondary N) is 1. The van der Waals surface area contributed by atoms with E-state index in [-0.39, 0.29) is 11.5 Å². The fraction of sp³-hybridized carbons (Fsp3) is 0.333. The predicted molar refractivity (Wildman–Crippen MR) is 63.1 cm³/mol. The van der Waals surface area contributed by atoms with Gasteiger partial charge in [0.15, 0.2) is 0 Å². The first-order chi connectivity index (χ1) is 8.08. The Hall–Kier alpha value is -2.09. The lowest BCUT2D eigenvalue weighted by atomic mass is 10.2. The smallest absolute Gasteiger partial charge is 0.221 e. The molecular formula is C12H14FN3O. The van der Waals surface area contributed by atoms with Crippen LogP contribution in [0.15, 0.2) is 18.2 Å². The minimum Gasteiger partial charge on any atom is -0.374 e. The SMILES string of the molecule is CNC(=O)CCN(C)c1ccc(C#N)c(F)c1. The second kappa shape index (κ2) is 5.85. The molecule has 90 valence electrons. The zero-order chi connectivity index (χ0) is 12.8. The molecule has 0 saturated carbocycles. The van der Waals surface area contributed by atoms with Crippen molar-refractivity contribution >= 4 is 11.6 Å². The van der Waals surface area contributed by atoms with Crippen LogP contribution in [0.4, 0.5) is 10.1 Å². The van der Waals surface area contributed by atoms with Gasteiger partial charge in [-0.1, -0.05) is 0 Å². The van der Waals surface area contributed by atoms with Gasteiger partial charge in [0.1, 0.15) is 11.9 Å². The van der Waals surface area contributed by atoms with Crippen molar-refractivity contribution in [2.45, 2.75) is 6.42 Å². The van der Waals surface area contributed by atoms with Crippen LogP contribution in [0.1, 0.15) is 12.0 Å². The molecule has 0 saturated heterocycles. The highest BCUT2D eigenvalue weighted by Gasteiger charge is 2.07. The van der Waals surface area contributed by atoms with Crippen LogP contribution in [0, 0.1) is 17.1 Å². The molecule has 1 aromatic carbocycles. The Labute approximate surface area is 99.7 Å². The third-order valence-electron chi connectivity index (χ3n) is 2.47.